The molecule has 0 aromatic heterocycles. The maximum absolute atomic E-state index is 13.1. The second-order valence-corrected chi connectivity index (χ2v) is 11.4. The van der Waals surface area contributed by atoms with Crippen molar-refractivity contribution in [1.82, 2.24) is 9.80 Å². The molecule has 1 saturated heterocycles. The second-order valence-electron chi connectivity index (χ2n) is 11.4. The molecule has 3 fully saturated rings. The van der Waals surface area contributed by atoms with Crippen LogP contribution in [0.25, 0.3) is 0 Å². The van der Waals surface area contributed by atoms with Gasteiger partial charge < -0.3 is 19.6 Å². The summed E-state index contributed by atoms with van der Waals surface area (Å²) in [7, 11) is 3.35. The van der Waals surface area contributed by atoms with E-state index in [9.17, 15) is 23.1 Å². The molecule has 0 radical (unpaired) electrons. The Bertz CT molecular complexity index is 1260. The van der Waals surface area contributed by atoms with Gasteiger partial charge in [0.25, 0.3) is 5.91 Å². The van der Waals surface area contributed by atoms with Gasteiger partial charge in [-0.1, -0.05) is 18.1 Å². The number of ether oxygens (including phenoxy) is 1. The van der Waals surface area contributed by atoms with E-state index in [0.29, 0.717) is 31.4 Å². The van der Waals surface area contributed by atoms with E-state index in [1.807, 2.05) is 18.2 Å². The number of aliphatic hydroxyl groups is 1. The molecule has 8 heteroatoms. The van der Waals surface area contributed by atoms with E-state index < -0.39 is 28.7 Å². The number of piperidine rings is 1. The quantitative estimate of drug-likeness (QED) is 0.551. The molecule has 0 bridgehead atoms. The Labute approximate surface area is 227 Å². The summed E-state index contributed by atoms with van der Waals surface area (Å²) >= 11 is 0. The summed E-state index contributed by atoms with van der Waals surface area (Å²) in [6.45, 7) is 2.52. The van der Waals surface area contributed by atoms with Crippen LogP contribution in [-0.2, 0) is 16.4 Å². The number of β-amino-alcohol motifs (C(OH)–C–C–N with tert-alkyl or cyclic N) is 1. The van der Waals surface area contributed by atoms with Crippen LogP contribution in [0.4, 0.5) is 13.2 Å². The number of fused-ring (bicyclic) bond motifs is 1. The van der Waals surface area contributed by atoms with Crippen LogP contribution in [0.3, 0.4) is 0 Å². The molecule has 39 heavy (non-hydrogen) atoms. The molecular formula is C31H35F3N2O3. The third-order valence-electron chi connectivity index (χ3n) is 8.94. The lowest BCUT2D eigenvalue weighted by atomic mass is 9.55. The monoisotopic (exact) mass is 540 g/mol. The Morgan fingerprint density at radius 3 is 2.56 bits per heavy atom. The molecule has 2 aliphatic carbocycles. The van der Waals surface area contributed by atoms with Crippen LogP contribution < -0.4 is 4.74 Å². The first kappa shape index (κ1) is 27.5. The van der Waals surface area contributed by atoms with Gasteiger partial charge in [0.05, 0.1) is 18.3 Å². The zero-order chi connectivity index (χ0) is 27.8. The van der Waals surface area contributed by atoms with Gasteiger partial charge in [0.2, 0.25) is 0 Å². The van der Waals surface area contributed by atoms with Crippen LogP contribution >= 0.6 is 0 Å². The number of carbonyl (C=O) groups is 1. The van der Waals surface area contributed by atoms with Gasteiger partial charge >= 0.3 is 6.18 Å². The largest absolute Gasteiger partial charge is 0.497 e. The first-order chi connectivity index (χ1) is 18.5. The van der Waals surface area contributed by atoms with Gasteiger partial charge in [-0.25, -0.2) is 0 Å². The van der Waals surface area contributed by atoms with Crippen molar-refractivity contribution in [3.63, 3.8) is 0 Å². The second kappa shape index (κ2) is 10.5. The summed E-state index contributed by atoms with van der Waals surface area (Å²) in [5.74, 6) is 6.40. The maximum atomic E-state index is 13.1. The Kier molecular flexibility index (Phi) is 7.43. The predicted octanol–water partition coefficient (Wildman–Crippen LogP) is 4.86. The highest BCUT2D eigenvalue weighted by atomic mass is 19.4. The summed E-state index contributed by atoms with van der Waals surface area (Å²) in [4.78, 5) is 17.1. The van der Waals surface area contributed by atoms with Gasteiger partial charge in [0.15, 0.2) is 0 Å². The normalized spacial score (nSPS) is 27.2. The average Bonchev–Trinajstić information content (AvgIpc) is 3.74. The van der Waals surface area contributed by atoms with E-state index in [1.165, 1.54) is 25.0 Å². The number of alkyl halides is 3. The molecule has 3 aliphatic rings. The molecule has 208 valence electrons. The highest BCUT2D eigenvalue weighted by Crippen LogP contribution is 2.53. The standard InChI is InChI=1S/C31H35F3N2O3/c1-35(28(37)13-10-22-8-11-24(12-9-22)31(32,33)34)26-14-15-30(38)21-36(20-23-6-7-23)17-16-29(30,19-26)25-4-3-5-27(18-25)39-2/h3-5,8-9,11-12,18,23,26,38H,6-7,14-17,19-21H2,1-2H3/t26-,29+,30+/m1/s1. The molecule has 5 rings (SSSR count). The highest BCUT2D eigenvalue weighted by molar-refractivity contribution is 5.94. The Morgan fingerprint density at radius 2 is 1.90 bits per heavy atom. The number of nitrogens with zero attached hydrogens (tertiary/aromatic N) is 2. The fourth-order valence-electron chi connectivity index (χ4n) is 6.43. The molecule has 1 heterocycles. The van der Waals surface area contributed by atoms with Gasteiger partial charge in [-0.05, 0) is 92.9 Å². The minimum absolute atomic E-state index is 0.138. The average molecular weight is 541 g/mol. The van der Waals surface area contributed by atoms with E-state index in [0.717, 1.165) is 48.9 Å². The summed E-state index contributed by atoms with van der Waals surface area (Å²) in [5, 5.41) is 12.2. The molecule has 2 aromatic carbocycles. The lowest BCUT2D eigenvalue weighted by Crippen LogP contribution is -2.67. The van der Waals surface area contributed by atoms with E-state index >= 15 is 0 Å². The van der Waals surface area contributed by atoms with Gasteiger partial charge in [-0.2, -0.15) is 13.2 Å². The number of halogens is 3. The smallest absolute Gasteiger partial charge is 0.416 e. The fraction of sp³-hybridized carbons (Fsp3) is 0.516. The van der Waals surface area contributed by atoms with Crippen LogP contribution in [0.2, 0.25) is 0 Å². The Hall–Kier alpha value is -3.02. The molecule has 1 amide bonds. The summed E-state index contributed by atoms with van der Waals surface area (Å²) in [6.07, 6.45) is 0.676. The molecule has 5 nitrogen and oxygen atoms in total. The number of likely N-dealkylation sites (tertiary alicyclic amines) is 1. The van der Waals surface area contributed by atoms with Crippen LogP contribution in [0.5, 0.6) is 5.75 Å². The van der Waals surface area contributed by atoms with Crippen molar-refractivity contribution in [2.45, 2.75) is 61.8 Å². The summed E-state index contributed by atoms with van der Waals surface area (Å²) in [5.41, 5.74) is -0.855. The zero-order valence-electron chi connectivity index (χ0n) is 22.4. The van der Waals surface area contributed by atoms with E-state index in [2.05, 4.69) is 22.8 Å². The molecule has 1 N–H and O–H groups in total. The van der Waals surface area contributed by atoms with Crippen molar-refractivity contribution in [3.8, 4) is 17.6 Å². The Morgan fingerprint density at radius 1 is 1.15 bits per heavy atom. The van der Waals surface area contributed by atoms with Crippen molar-refractivity contribution in [3.05, 3.63) is 65.2 Å². The van der Waals surface area contributed by atoms with Gasteiger partial charge in [0.1, 0.15) is 5.75 Å². The number of rotatable bonds is 5. The van der Waals surface area contributed by atoms with Crippen molar-refractivity contribution >= 4 is 5.91 Å². The third kappa shape index (κ3) is 5.66. The minimum Gasteiger partial charge on any atom is -0.497 e. The molecule has 2 aromatic rings. The van der Waals surface area contributed by atoms with E-state index in [1.54, 1.807) is 19.1 Å². The van der Waals surface area contributed by atoms with Crippen molar-refractivity contribution in [2.24, 2.45) is 5.92 Å². The lowest BCUT2D eigenvalue weighted by molar-refractivity contribution is -0.144. The van der Waals surface area contributed by atoms with Gasteiger partial charge in [0, 0.05) is 43.1 Å². The van der Waals surface area contributed by atoms with E-state index in [-0.39, 0.29) is 6.04 Å². The fourth-order valence-corrected chi connectivity index (χ4v) is 6.43. The molecule has 0 unspecified atom stereocenters. The number of amides is 1. The van der Waals surface area contributed by atoms with Gasteiger partial charge in [-0.15, -0.1) is 0 Å². The van der Waals surface area contributed by atoms with E-state index in [4.69, 9.17) is 4.74 Å². The van der Waals surface area contributed by atoms with Crippen LogP contribution in [-0.4, -0.2) is 66.2 Å². The SMILES string of the molecule is COc1cccc([C@@]23CCN(CC4CC4)C[C@@]2(O)CC[C@@H](N(C)C(=O)C#Cc2ccc(C(F)(F)F)cc2)C3)c1. The highest BCUT2D eigenvalue weighted by Gasteiger charge is 2.58. The molecule has 1 aliphatic heterocycles. The topological polar surface area (TPSA) is 53.0 Å². The number of carbonyl (C=O) groups excluding carboxylic acids is 1. The number of methoxy groups -OCH3 is 1. The summed E-state index contributed by atoms with van der Waals surface area (Å²) in [6, 6.07) is 12.3. The van der Waals surface area contributed by atoms with Crippen molar-refractivity contribution in [2.75, 3.05) is 33.8 Å². The molecule has 3 atom stereocenters. The first-order valence-corrected chi connectivity index (χ1v) is 13.6. The molecule has 2 saturated carbocycles. The van der Waals surface area contributed by atoms with Crippen molar-refractivity contribution in [1.29, 1.82) is 0 Å². The third-order valence-corrected chi connectivity index (χ3v) is 8.94. The predicted molar refractivity (Wildman–Crippen MR) is 142 cm³/mol. The van der Waals surface area contributed by atoms with Crippen LogP contribution in [0.1, 0.15) is 55.2 Å². The molecule has 0 spiro atoms. The minimum atomic E-state index is -4.42. The number of benzene rings is 2. The van der Waals surface area contributed by atoms with Crippen LogP contribution in [0, 0.1) is 17.8 Å². The zero-order valence-corrected chi connectivity index (χ0v) is 22.4. The Balaban J connectivity index is 1.37. The van der Waals surface area contributed by atoms with Gasteiger partial charge in [-0.3, -0.25) is 4.79 Å². The lowest BCUT2D eigenvalue weighted by Gasteiger charge is -2.59. The first-order valence-electron chi connectivity index (χ1n) is 13.6. The molecular weight excluding hydrogens is 505 g/mol. The van der Waals surface area contributed by atoms with Crippen LogP contribution in [0.15, 0.2) is 48.5 Å². The number of hydrogen-bond acceptors (Lipinski definition) is 4. The number of hydrogen-bond donors (Lipinski definition) is 1. The van der Waals surface area contributed by atoms with Crippen molar-refractivity contribution < 1.29 is 27.8 Å². The summed E-state index contributed by atoms with van der Waals surface area (Å²) < 4.78 is 44.0. The maximum Gasteiger partial charge on any atom is 0.416 e.